The normalized spacial score (nSPS) is 11.0. The number of rotatable bonds is 4. The van der Waals surface area contributed by atoms with Crippen LogP contribution in [0.1, 0.15) is 21.7 Å². The minimum absolute atomic E-state index is 0.0483. The van der Waals surface area contributed by atoms with E-state index in [2.05, 4.69) is 9.84 Å². The maximum absolute atomic E-state index is 12.9. The number of nitrogens with one attached hydrogen (secondary N) is 1. The van der Waals surface area contributed by atoms with Gasteiger partial charge in [0, 0.05) is 11.8 Å². The lowest BCUT2D eigenvalue weighted by Crippen LogP contribution is -2.38. The SMILES string of the molecule is Cc1cc(=O)c(C(=O)OCC(=O)NC(N)=O)nn1-c1cccc(C(F)(F)F)c1. The number of hydrogen-bond acceptors (Lipinski definition) is 6. The van der Waals surface area contributed by atoms with E-state index >= 15 is 0 Å². The second-order valence-electron chi connectivity index (χ2n) is 5.45. The molecule has 0 aliphatic carbocycles. The molecule has 0 saturated carbocycles. The number of benzene rings is 1. The van der Waals surface area contributed by atoms with Crippen molar-refractivity contribution in [1.29, 1.82) is 0 Å². The first-order chi connectivity index (χ1) is 13.0. The Bertz CT molecular complexity index is 1000. The van der Waals surface area contributed by atoms with Gasteiger partial charge in [0.2, 0.25) is 11.1 Å². The second-order valence-corrected chi connectivity index (χ2v) is 5.45. The molecular weight excluding hydrogens is 385 g/mol. The van der Waals surface area contributed by atoms with E-state index in [1.165, 1.54) is 13.0 Å². The van der Waals surface area contributed by atoms with Crippen molar-refractivity contribution in [3.63, 3.8) is 0 Å². The lowest BCUT2D eigenvalue weighted by molar-refractivity contribution is -0.137. The summed E-state index contributed by atoms with van der Waals surface area (Å²) in [6, 6.07) is 3.90. The maximum Gasteiger partial charge on any atom is 0.416 e. The summed E-state index contributed by atoms with van der Waals surface area (Å²) in [5.74, 6) is -2.34. The first-order valence-corrected chi connectivity index (χ1v) is 7.54. The first kappa shape index (κ1) is 20.6. The average Bonchev–Trinajstić information content (AvgIpc) is 2.58. The fraction of sp³-hybridized carbons (Fsp3) is 0.188. The van der Waals surface area contributed by atoms with E-state index in [0.717, 1.165) is 28.9 Å². The predicted octanol–water partition coefficient (Wildman–Crippen LogP) is 0.911. The molecule has 12 heteroatoms. The highest BCUT2D eigenvalue weighted by atomic mass is 19.4. The van der Waals surface area contributed by atoms with Crippen LogP contribution in [0.4, 0.5) is 18.0 Å². The number of aromatic nitrogens is 2. The number of amides is 3. The Morgan fingerprint density at radius 3 is 2.54 bits per heavy atom. The molecule has 0 radical (unpaired) electrons. The topological polar surface area (TPSA) is 133 Å². The number of ether oxygens (including phenoxy) is 1. The number of hydrogen-bond donors (Lipinski definition) is 2. The number of esters is 1. The van der Waals surface area contributed by atoms with Crippen molar-refractivity contribution >= 4 is 17.9 Å². The number of halogens is 3. The molecule has 148 valence electrons. The van der Waals surface area contributed by atoms with Gasteiger partial charge < -0.3 is 10.5 Å². The van der Waals surface area contributed by atoms with Gasteiger partial charge in [0.15, 0.2) is 6.61 Å². The summed E-state index contributed by atoms with van der Waals surface area (Å²) in [5.41, 5.74) is 2.27. The van der Waals surface area contributed by atoms with Crippen LogP contribution >= 0.6 is 0 Å². The van der Waals surface area contributed by atoms with Crippen LogP contribution in [-0.4, -0.2) is 34.3 Å². The van der Waals surface area contributed by atoms with Gasteiger partial charge in [-0.15, -0.1) is 0 Å². The number of nitrogens with zero attached hydrogens (tertiary/aromatic N) is 2. The van der Waals surface area contributed by atoms with E-state index in [4.69, 9.17) is 5.73 Å². The maximum atomic E-state index is 12.9. The van der Waals surface area contributed by atoms with Crippen molar-refractivity contribution in [2.45, 2.75) is 13.1 Å². The molecule has 3 amide bonds. The van der Waals surface area contributed by atoms with Gasteiger partial charge in [0.25, 0.3) is 5.91 Å². The van der Waals surface area contributed by atoms with Gasteiger partial charge in [0.1, 0.15) is 0 Å². The zero-order valence-corrected chi connectivity index (χ0v) is 14.2. The van der Waals surface area contributed by atoms with E-state index in [-0.39, 0.29) is 11.4 Å². The van der Waals surface area contributed by atoms with Crippen LogP contribution in [0.2, 0.25) is 0 Å². The van der Waals surface area contributed by atoms with Gasteiger partial charge in [0.05, 0.1) is 11.3 Å². The van der Waals surface area contributed by atoms with Crippen molar-refractivity contribution < 1.29 is 32.3 Å². The van der Waals surface area contributed by atoms with Crippen LogP contribution in [0.25, 0.3) is 5.69 Å². The van der Waals surface area contributed by atoms with Crippen LogP contribution in [-0.2, 0) is 15.7 Å². The van der Waals surface area contributed by atoms with Crippen molar-refractivity contribution in [2.24, 2.45) is 5.73 Å². The minimum Gasteiger partial charge on any atom is -0.451 e. The highest BCUT2D eigenvalue weighted by molar-refractivity contribution is 5.96. The summed E-state index contributed by atoms with van der Waals surface area (Å²) in [6.45, 7) is 0.490. The highest BCUT2D eigenvalue weighted by Gasteiger charge is 2.30. The standard InChI is InChI=1S/C16H13F3N4O5/c1-8-5-11(24)13(14(26)28-7-12(25)21-15(20)27)22-23(8)10-4-2-3-9(6-10)16(17,18)19/h2-6H,7H2,1H3,(H3,20,21,25,27). The fourth-order valence-electron chi connectivity index (χ4n) is 2.14. The molecule has 0 bridgehead atoms. The van der Waals surface area contributed by atoms with E-state index in [0.29, 0.717) is 0 Å². The molecular formula is C16H13F3N4O5. The molecule has 2 aromatic rings. The number of carbonyl (C=O) groups is 3. The lowest BCUT2D eigenvalue weighted by Gasteiger charge is -2.13. The summed E-state index contributed by atoms with van der Waals surface area (Å²) in [7, 11) is 0. The van der Waals surface area contributed by atoms with Gasteiger partial charge in [-0.1, -0.05) is 6.07 Å². The van der Waals surface area contributed by atoms with E-state index < -0.39 is 47.4 Å². The predicted molar refractivity (Wildman–Crippen MR) is 87.6 cm³/mol. The molecule has 28 heavy (non-hydrogen) atoms. The Morgan fingerprint density at radius 1 is 1.25 bits per heavy atom. The molecule has 0 aliphatic rings. The number of alkyl halides is 3. The van der Waals surface area contributed by atoms with Crippen LogP contribution in [0.3, 0.4) is 0 Å². The largest absolute Gasteiger partial charge is 0.451 e. The zero-order valence-electron chi connectivity index (χ0n) is 14.2. The average molecular weight is 398 g/mol. The number of aryl methyl sites for hydroxylation is 1. The molecule has 2 rings (SSSR count). The van der Waals surface area contributed by atoms with Gasteiger partial charge in [-0.05, 0) is 25.1 Å². The molecule has 1 aromatic carbocycles. The van der Waals surface area contributed by atoms with E-state index in [1.807, 2.05) is 0 Å². The minimum atomic E-state index is -4.60. The van der Waals surface area contributed by atoms with Crippen LogP contribution < -0.4 is 16.5 Å². The Hall–Kier alpha value is -3.70. The number of primary amides is 1. The van der Waals surface area contributed by atoms with Crippen LogP contribution in [0.15, 0.2) is 35.1 Å². The smallest absolute Gasteiger partial charge is 0.416 e. The fourth-order valence-corrected chi connectivity index (χ4v) is 2.14. The number of imide groups is 1. The number of nitrogens with two attached hydrogens (primary N) is 1. The monoisotopic (exact) mass is 398 g/mol. The summed E-state index contributed by atoms with van der Waals surface area (Å²) in [4.78, 5) is 45.8. The molecule has 3 N–H and O–H groups in total. The summed E-state index contributed by atoms with van der Waals surface area (Å²) >= 11 is 0. The number of urea groups is 1. The van der Waals surface area contributed by atoms with Crippen LogP contribution in [0.5, 0.6) is 0 Å². The molecule has 1 aromatic heterocycles. The first-order valence-electron chi connectivity index (χ1n) is 7.54. The highest BCUT2D eigenvalue weighted by Crippen LogP contribution is 2.30. The van der Waals surface area contributed by atoms with Crippen molar-refractivity contribution in [3.05, 3.63) is 57.5 Å². The third kappa shape index (κ3) is 4.93. The molecule has 0 unspecified atom stereocenters. The Balaban J connectivity index is 2.35. The molecule has 0 atom stereocenters. The molecule has 0 spiro atoms. The van der Waals surface area contributed by atoms with Gasteiger partial charge in [-0.2, -0.15) is 18.3 Å². The summed E-state index contributed by atoms with van der Waals surface area (Å²) in [5, 5.41) is 5.39. The third-order valence-corrected chi connectivity index (χ3v) is 3.32. The second kappa shape index (κ2) is 7.90. The van der Waals surface area contributed by atoms with Crippen LogP contribution in [0, 0.1) is 6.92 Å². The molecule has 0 aliphatic heterocycles. The van der Waals surface area contributed by atoms with E-state index in [1.54, 1.807) is 5.32 Å². The van der Waals surface area contributed by atoms with Gasteiger partial charge >= 0.3 is 18.2 Å². The Labute approximate surface area is 154 Å². The van der Waals surface area contributed by atoms with Crippen molar-refractivity contribution in [2.75, 3.05) is 6.61 Å². The molecule has 0 fully saturated rings. The van der Waals surface area contributed by atoms with Gasteiger partial charge in [-0.3, -0.25) is 14.9 Å². The Morgan fingerprint density at radius 2 is 1.93 bits per heavy atom. The Kier molecular flexibility index (Phi) is 5.81. The van der Waals surface area contributed by atoms with E-state index in [9.17, 15) is 32.3 Å². The molecule has 1 heterocycles. The van der Waals surface area contributed by atoms with Gasteiger partial charge in [-0.25, -0.2) is 14.3 Å². The number of carbonyl (C=O) groups excluding carboxylic acids is 3. The molecule has 0 saturated heterocycles. The molecule has 9 nitrogen and oxygen atoms in total. The zero-order chi connectivity index (χ0) is 21.1. The summed E-state index contributed by atoms with van der Waals surface area (Å²) < 4.78 is 44.2. The third-order valence-electron chi connectivity index (χ3n) is 3.32. The summed E-state index contributed by atoms with van der Waals surface area (Å²) in [6.07, 6.45) is -4.60. The lowest BCUT2D eigenvalue weighted by atomic mass is 10.2. The van der Waals surface area contributed by atoms with Crippen molar-refractivity contribution in [1.82, 2.24) is 15.1 Å². The van der Waals surface area contributed by atoms with Crippen molar-refractivity contribution in [3.8, 4) is 5.69 Å². The quantitative estimate of drug-likeness (QED) is 0.736.